The molecule has 1 aromatic carbocycles. The summed E-state index contributed by atoms with van der Waals surface area (Å²) in [6.07, 6.45) is -0.543. The van der Waals surface area contributed by atoms with Crippen LogP contribution < -0.4 is 5.73 Å². The van der Waals surface area contributed by atoms with E-state index in [9.17, 15) is 5.11 Å². The minimum atomic E-state index is -0.543. The van der Waals surface area contributed by atoms with Crippen molar-refractivity contribution in [3.8, 4) is 0 Å². The zero-order valence-electron chi connectivity index (χ0n) is 11.2. The third-order valence-corrected chi connectivity index (χ3v) is 2.91. The number of nitrogen functional groups attached to an aromatic ring is 1. The Labute approximate surface area is 112 Å². The number of hydrogen-bond donors (Lipinski definition) is 2. The van der Waals surface area contributed by atoms with E-state index in [-0.39, 0.29) is 0 Å². The van der Waals surface area contributed by atoms with Gasteiger partial charge in [0.2, 0.25) is 0 Å². The fourth-order valence-electron chi connectivity index (χ4n) is 1.95. The van der Waals surface area contributed by atoms with E-state index < -0.39 is 6.10 Å². The van der Waals surface area contributed by atoms with Crippen molar-refractivity contribution in [2.45, 2.75) is 19.6 Å². The van der Waals surface area contributed by atoms with Crippen LogP contribution in [0.3, 0.4) is 0 Å². The van der Waals surface area contributed by atoms with Gasteiger partial charge in [-0.05, 0) is 31.7 Å². The lowest BCUT2D eigenvalue weighted by Crippen LogP contribution is -2.24. The average molecular weight is 261 g/mol. The van der Waals surface area contributed by atoms with Gasteiger partial charge >= 0.3 is 0 Å². The third-order valence-electron chi connectivity index (χ3n) is 2.91. The van der Waals surface area contributed by atoms with E-state index in [4.69, 9.17) is 10.3 Å². The number of nitrogens with two attached hydrogens (primary N) is 1. The van der Waals surface area contributed by atoms with Crippen molar-refractivity contribution in [3.05, 3.63) is 47.3 Å². The molecule has 1 atom stereocenters. The summed E-state index contributed by atoms with van der Waals surface area (Å²) < 4.78 is 5.02. The molecule has 2 aromatic rings. The molecule has 0 radical (unpaired) electrons. The molecule has 0 saturated heterocycles. The van der Waals surface area contributed by atoms with Gasteiger partial charge in [-0.3, -0.25) is 4.90 Å². The summed E-state index contributed by atoms with van der Waals surface area (Å²) >= 11 is 0. The molecular formula is C14H19N3O2. The van der Waals surface area contributed by atoms with Gasteiger partial charge in [-0.1, -0.05) is 17.3 Å². The second-order valence-electron chi connectivity index (χ2n) is 4.81. The van der Waals surface area contributed by atoms with Crippen LogP contribution >= 0.6 is 0 Å². The van der Waals surface area contributed by atoms with E-state index in [2.05, 4.69) is 5.16 Å². The first kappa shape index (κ1) is 13.6. The lowest BCUT2D eigenvalue weighted by atomic mass is 10.1. The van der Waals surface area contributed by atoms with E-state index in [1.54, 1.807) is 12.1 Å². The predicted molar refractivity (Wildman–Crippen MR) is 73.4 cm³/mol. The minimum absolute atomic E-state index is 0.524. The zero-order valence-corrected chi connectivity index (χ0v) is 11.2. The molecule has 1 aromatic heterocycles. The molecule has 5 nitrogen and oxygen atoms in total. The first-order chi connectivity index (χ1) is 9.04. The molecule has 0 spiro atoms. The maximum atomic E-state index is 10.1. The number of aromatic nitrogens is 1. The normalized spacial score (nSPS) is 12.8. The second kappa shape index (κ2) is 5.86. The Morgan fingerprint density at radius 2 is 2.05 bits per heavy atom. The summed E-state index contributed by atoms with van der Waals surface area (Å²) in [5.41, 5.74) is 8.04. The van der Waals surface area contributed by atoms with Gasteiger partial charge in [-0.2, -0.15) is 0 Å². The van der Waals surface area contributed by atoms with Crippen molar-refractivity contribution in [3.63, 3.8) is 0 Å². The van der Waals surface area contributed by atoms with Gasteiger partial charge in [0.05, 0.1) is 11.8 Å². The molecule has 0 amide bonds. The Kier molecular flexibility index (Phi) is 4.19. The number of rotatable bonds is 5. The van der Waals surface area contributed by atoms with Crippen LogP contribution in [0, 0.1) is 6.92 Å². The summed E-state index contributed by atoms with van der Waals surface area (Å²) in [6, 6.07) is 9.16. The number of hydrogen-bond acceptors (Lipinski definition) is 5. The summed E-state index contributed by atoms with van der Waals surface area (Å²) in [6.45, 7) is 3.03. The van der Waals surface area contributed by atoms with Crippen molar-refractivity contribution >= 4 is 5.69 Å². The lowest BCUT2D eigenvalue weighted by Gasteiger charge is -2.19. The topological polar surface area (TPSA) is 75.5 Å². The van der Waals surface area contributed by atoms with E-state index in [0.29, 0.717) is 18.8 Å². The summed E-state index contributed by atoms with van der Waals surface area (Å²) in [4.78, 5) is 2.00. The van der Waals surface area contributed by atoms with Crippen LogP contribution in [0.15, 0.2) is 34.9 Å². The highest BCUT2D eigenvalue weighted by molar-refractivity contribution is 5.39. The molecule has 1 unspecified atom stereocenters. The Bertz CT molecular complexity index is 522. The standard InChI is InChI=1S/C14H19N3O2/c1-10-7-13(16-19-10)8-17(2)9-14(18)11-3-5-12(15)6-4-11/h3-7,14,18H,8-9,15H2,1-2H3. The van der Waals surface area contributed by atoms with Crippen molar-refractivity contribution < 1.29 is 9.63 Å². The summed E-state index contributed by atoms with van der Waals surface area (Å²) in [7, 11) is 1.94. The maximum absolute atomic E-state index is 10.1. The second-order valence-corrected chi connectivity index (χ2v) is 4.81. The minimum Gasteiger partial charge on any atom is -0.399 e. The van der Waals surface area contributed by atoms with Crippen LogP contribution in [0.25, 0.3) is 0 Å². The maximum Gasteiger partial charge on any atom is 0.133 e. The van der Waals surface area contributed by atoms with Crippen LogP contribution in [0.5, 0.6) is 0 Å². The number of anilines is 1. The molecule has 1 heterocycles. The van der Waals surface area contributed by atoms with Crippen LogP contribution in [0.4, 0.5) is 5.69 Å². The van der Waals surface area contributed by atoms with E-state index in [1.165, 1.54) is 0 Å². The largest absolute Gasteiger partial charge is 0.399 e. The number of benzene rings is 1. The van der Waals surface area contributed by atoms with Gasteiger partial charge in [0.25, 0.3) is 0 Å². The van der Waals surface area contributed by atoms with Crippen LogP contribution in [-0.4, -0.2) is 28.8 Å². The van der Waals surface area contributed by atoms with Crippen LogP contribution in [0.2, 0.25) is 0 Å². The Morgan fingerprint density at radius 1 is 1.37 bits per heavy atom. The van der Waals surface area contributed by atoms with Crippen molar-refractivity contribution in [2.24, 2.45) is 0 Å². The van der Waals surface area contributed by atoms with Crippen molar-refractivity contribution in [1.29, 1.82) is 0 Å². The number of likely N-dealkylation sites (N-methyl/N-ethyl adjacent to an activating group) is 1. The molecule has 3 N–H and O–H groups in total. The fourth-order valence-corrected chi connectivity index (χ4v) is 1.95. The van der Waals surface area contributed by atoms with Crippen LogP contribution in [0.1, 0.15) is 23.1 Å². The van der Waals surface area contributed by atoms with Gasteiger partial charge in [0, 0.05) is 24.8 Å². The van der Waals surface area contributed by atoms with E-state index >= 15 is 0 Å². The van der Waals surface area contributed by atoms with Gasteiger partial charge in [-0.15, -0.1) is 0 Å². The van der Waals surface area contributed by atoms with Crippen molar-refractivity contribution in [1.82, 2.24) is 10.1 Å². The first-order valence-corrected chi connectivity index (χ1v) is 6.19. The molecule has 0 aliphatic heterocycles. The number of nitrogens with zero attached hydrogens (tertiary/aromatic N) is 2. The lowest BCUT2D eigenvalue weighted by molar-refractivity contribution is 0.122. The zero-order chi connectivity index (χ0) is 13.8. The Morgan fingerprint density at radius 3 is 2.63 bits per heavy atom. The van der Waals surface area contributed by atoms with E-state index in [1.807, 2.05) is 37.1 Å². The SMILES string of the molecule is Cc1cc(CN(C)CC(O)c2ccc(N)cc2)no1. The third kappa shape index (κ3) is 3.81. The Hall–Kier alpha value is -1.85. The highest BCUT2D eigenvalue weighted by atomic mass is 16.5. The van der Waals surface area contributed by atoms with Gasteiger partial charge in [0.15, 0.2) is 0 Å². The quantitative estimate of drug-likeness (QED) is 0.802. The molecule has 2 rings (SSSR count). The van der Waals surface area contributed by atoms with Gasteiger partial charge in [-0.25, -0.2) is 0 Å². The molecule has 5 heteroatoms. The molecule has 0 aliphatic rings. The first-order valence-electron chi connectivity index (χ1n) is 6.19. The number of aryl methyl sites for hydroxylation is 1. The fraction of sp³-hybridized carbons (Fsp3) is 0.357. The highest BCUT2D eigenvalue weighted by Gasteiger charge is 2.12. The molecule has 0 aliphatic carbocycles. The highest BCUT2D eigenvalue weighted by Crippen LogP contribution is 2.16. The Balaban J connectivity index is 1.91. The monoisotopic (exact) mass is 261 g/mol. The van der Waals surface area contributed by atoms with Crippen molar-refractivity contribution in [2.75, 3.05) is 19.3 Å². The summed E-state index contributed by atoms with van der Waals surface area (Å²) in [5, 5.41) is 14.1. The molecule has 0 fully saturated rings. The predicted octanol–water partition coefficient (Wildman–Crippen LogP) is 1.73. The van der Waals surface area contributed by atoms with Crippen LogP contribution in [-0.2, 0) is 6.54 Å². The number of aliphatic hydroxyl groups is 1. The number of aliphatic hydroxyl groups excluding tert-OH is 1. The molecule has 102 valence electrons. The molecule has 19 heavy (non-hydrogen) atoms. The smallest absolute Gasteiger partial charge is 0.133 e. The molecular weight excluding hydrogens is 242 g/mol. The summed E-state index contributed by atoms with van der Waals surface area (Å²) in [5.74, 6) is 0.794. The average Bonchev–Trinajstić information content (AvgIpc) is 2.75. The molecule has 0 saturated carbocycles. The van der Waals surface area contributed by atoms with Gasteiger partial charge in [0.1, 0.15) is 5.76 Å². The van der Waals surface area contributed by atoms with Gasteiger partial charge < -0.3 is 15.4 Å². The molecule has 0 bridgehead atoms. The van der Waals surface area contributed by atoms with E-state index in [0.717, 1.165) is 17.0 Å².